The molecular weight excluding hydrogens is 462 g/mol. The predicted molar refractivity (Wildman–Crippen MR) is 141 cm³/mol. The van der Waals surface area contributed by atoms with Crippen LogP contribution in [0.4, 0.5) is 0 Å². The van der Waals surface area contributed by atoms with Crippen LogP contribution in [-0.2, 0) is 38.5 Å². The van der Waals surface area contributed by atoms with Crippen LogP contribution in [0.25, 0.3) is 12.2 Å². The number of aldehydes is 1. The molecule has 0 aliphatic carbocycles. The number of hydrogen-bond acceptors (Lipinski definition) is 5. The summed E-state index contributed by atoms with van der Waals surface area (Å²) < 4.78 is 16.2. The van der Waals surface area contributed by atoms with E-state index in [2.05, 4.69) is 43.0 Å². The molecule has 2 heterocycles. The van der Waals surface area contributed by atoms with Crippen LogP contribution in [0.2, 0.25) is 0 Å². The van der Waals surface area contributed by atoms with Crippen molar-refractivity contribution in [3.8, 4) is 0 Å². The van der Waals surface area contributed by atoms with E-state index in [4.69, 9.17) is 30.8 Å². The Labute approximate surface area is 212 Å². The van der Waals surface area contributed by atoms with E-state index in [1.807, 2.05) is 31.2 Å². The minimum absolute atomic E-state index is 0.00239. The Hall–Kier alpha value is -3.41. The van der Waals surface area contributed by atoms with Gasteiger partial charge in [0.1, 0.15) is 25.1 Å². The van der Waals surface area contributed by atoms with Gasteiger partial charge in [0, 0.05) is 5.69 Å². The molecule has 5 nitrogen and oxygen atoms in total. The summed E-state index contributed by atoms with van der Waals surface area (Å²) in [7, 11) is 0. The summed E-state index contributed by atoms with van der Waals surface area (Å²) in [5.41, 5.74) is 5.31. The minimum Gasteiger partial charge on any atom is -0.494 e. The van der Waals surface area contributed by atoms with Crippen molar-refractivity contribution < 1.29 is 19.0 Å². The fraction of sp³-hybridized carbons (Fsp3) is 0.241. The summed E-state index contributed by atoms with van der Waals surface area (Å²) in [5.74, 6) is 0.546. The maximum atomic E-state index is 10.3. The standard InChI is InChI=1S/C29H30ClNO4/c1-3-6-28-24(4-2)13-15-25(31-28)14-12-22-8-10-23(11-9-22)20-35-29(19-26-21-34-26)27(30)7-5-17-33-18-16-32/h3-11,13,15-17,19,26H,2,12,14,18,20-21H2,1H3/b6-3-,17-5+,27-7+,29-19-. The lowest BCUT2D eigenvalue weighted by Crippen LogP contribution is -1.99. The van der Waals surface area contributed by atoms with Crippen molar-refractivity contribution in [2.24, 2.45) is 0 Å². The van der Waals surface area contributed by atoms with Crippen molar-refractivity contribution in [1.82, 2.24) is 4.98 Å². The number of aryl methyl sites for hydroxylation is 2. The average molecular weight is 492 g/mol. The van der Waals surface area contributed by atoms with E-state index in [1.54, 1.807) is 12.2 Å². The first-order valence-electron chi connectivity index (χ1n) is 11.5. The number of halogens is 1. The van der Waals surface area contributed by atoms with Gasteiger partial charge in [-0.3, -0.25) is 9.78 Å². The Morgan fingerprint density at radius 3 is 2.66 bits per heavy atom. The summed E-state index contributed by atoms with van der Waals surface area (Å²) in [6.07, 6.45) is 14.8. The van der Waals surface area contributed by atoms with Crippen molar-refractivity contribution in [3.63, 3.8) is 0 Å². The Balaban J connectivity index is 1.55. The topological polar surface area (TPSA) is 61.0 Å². The number of aromatic nitrogens is 1. The summed E-state index contributed by atoms with van der Waals surface area (Å²) in [4.78, 5) is 15.0. The number of carbonyl (C=O) groups is 1. The zero-order valence-corrected chi connectivity index (χ0v) is 20.6. The van der Waals surface area contributed by atoms with Gasteiger partial charge < -0.3 is 14.2 Å². The maximum absolute atomic E-state index is 10.3. The molecule has 0 spiro atoms. The lowest BCUT2D eigenvalue weighted by atomic mass is 10.0. The first kappa shape index (κ1) is 26.2. The maximum Gasteiger partial charge on any atom is 0.157 e. The molecule has 1 aromatic carbocycles. The van der Waals surface area contributed by atoms with Gasteiger partial charge in [-0.1, -0.05) is 60.7 Å². The third-order valence-electron chi connectivity index (χ3n) is 5.16. The molecule has 3 rings (SSSR count). The number of hydrogen-bond donors (Lipinski definition) is 0. The van der Waals surface area contributed by atoms with Crippen molar-refractivity contribution in [3.05, 3.63) is 112 Å². The monoisotopic (exact) mass is 491 g/mol. The van der Waals surface area contributed by atoms with Gasteiger partial charge in [0.05, 0.1) is 23.6 Å². The van der Waals surface area contributed by atoms with E-state index in [9.17, 15) is 4.79 Å². The van der Waals surface area contributed by atoms with Crippen molar-refractivity contribution in [1.29, 1.82) is 0 Å². The highest BCUT2D eigenvalue weighted by atomic mass is 35.5. The van der Waals surface area contributed by atoms with Gasteiger partial charge in [-0.15, -0.1) is 0 Å². The highest BCUT2D eigenvalue weighted by Gasteiger charge is 2.22. The SMILES string of the molecule is C=Cc1ccc(CCc2ccc(COC(=C\C3CO3)/C(Cl)=C\C=C\OCC=O)cc2)nc1/C=C\C. The average Bonchev–Trinajstić information content (AvgIpc) is 3.70. The molecule has 0 radical (unpaired) electrons. The molecule has 0 N–H and O–H groups in total. The second-order valence-electron chi connectivity index (χ2n) is 7.83. The Morgan fingerprint density at radius 1 is 1.20 bits per heavy atom. The summed E-state index contributed by atoms with van der Waals surface area (Å²) >= 11 is 6.39. The molecule has 182 valence electrons. The number of nitrogens with zero attached hydrogens (tertiary/aromatic N) is 1. The van der Waals surface area contributed by atoms with E-state index in [1.165, 1.54) is 11.8 Å². The molecule has 0 bridgehead atoms. The van der Waals surface area contributed by atoms with Crippen molar-refractivity contribution in [2.45, 2.75) is 32.5 Å². The first-order chi connectivity index (χ1) is 17.1. The number of pyridine rings is 1. The molecule has 1 atom stereocenters. The molecular formula is C29H30ClNO4. The van der Waals surface area contributed by atoms with Crippen LogP contribution in [0.1, 0.15) is 35.0 Å². The zero-order valence-electron chi connectivity index (χ0n) is 19.9. The van der Waals surface area contributed by atoms with Gasteiger partial charge in [-0.05, 0) is 66.8 Å². The number of rotatable bonds is 14. The summed E-state index contributed by atoms with van der Waals surface area (Å²) in [6, 6.07) is 12.5. The van der Waals surface area contributed by atoms with E-state index in [0.29, 0.717) is 30.3 Å². The molecule has 1 aromatic heterocycles. The fourth-order valence-electron chi connectivity index (χ4n) is 3.24. The summed E-state index contributed by atoms with van der Waals surface area (Å²) in [6.45, 7) is 6.88. The van der Waals surface area contributed by atoms with E-state index in [-0.39, 0.29) is 12.7 Å². The third kappa shape index (κ3) is 9.04. The molecule has 0 amide bonds. The molecule has 1 fully saturated rings. The van der Waals surface area contributed by atoms with Crippen LogP contribution in [0.15, 0.2) is 84.3 Å². The smallest absolute Gasteiger partial charge is 0.157 e. The van der Waals surface area contributed by atoms with Gasteiger partial charge in [-0.25, -0.2) is 0 Å². The van der Waals surface area contributed by atoms with Gasteiger partial charge in [-0.2, -0.15) is 0 Å². The normalized spacial score (nSPS) is 16.0. The number of allylic oxidation sites excluding steroid dienone is 4. The number of ether oxygens (including phenoxy) is 3. The molecule has 35 heavy (non-hydrogen) atoms. The van der Waals surface area contributed by atoms with Crippen LogP contribution < -0.4 is 0 Å². The lowest BCUT2D eigenvalue weighted by Gasteiger charge is -2.10. The predicted octanol–water partition coefficient (Wildman–Crippen LogP) is 6.19. The number of carbonyl (C=O) groups excluding carboxylic acids is 1. The summed E-state index contributed by atoms with van der Waals surface area (Å²) in [5, 5.41) is 0.426. The van der Waals surface area contributed by atoms with Crippen LogP contribution in [0.3, 0.4) is 0 Å². The quantitative estimate of drug-likeness (QED) is 0.104. The van der Waals surface area contributed by atoms with Gasteiger partial charge in [0.2, 0.25) is 0 Å². The molecule has 1 saturated heterocycles. The molecule has 1 aliphatic rings. The van der Waals surface area contributed by atoms with Crippen molar-refractivity contribution in [2.75, 3.05) is 13.2 Å². The Kier molecular flexibility index (Phi) is 10.6. The Bertz CT molecular complexity index is 1110. The number of benzene rings is 1. The third-order valence-corrected chi connectivity index (χ3v) is 5.47. The van der Waals surface area contributed by atoms with Gasteiger partial charge in [0.15, 0.2) is 6.29 Å². The highest BCUT2D eigenvalue weighted by molar-refractivity contribution is 6.31. The molecule has 1 unspecified atom stereocenters. The molecule has 1 aliphatic heterocycles. The van der Waals surface area contributed by atoms with Gasteiger partial charge >= 0.3 is 0 Å². The first-order valence-corrected chi connectivity index (χ1v) is 11.9. The van der Waals surface area contributed by atoms with E-state index >= 15 is 0 Å². The van der Waals surface area contributed by atoms with Crippen LogP contribution in [-0.4, -0.2) is 30.6 Å². The van der Waals surface area contributed by atoms with Gasteiger partial charge in [0.25, 0.3) is 0 Å². The fourth-order valence-corrected chi connectivity index (χ4v) is 3.43. The number of epoxide rings is 1. The van der Waals surface area contributed by atoms with Crippen molar-refractivity contribution >= 4 is 30.0 Å². The Morgan fingerprint density at radius 2 is 1.97 bits per heavy atom. The molecule has 6 heteroatoms. The van der Waals surface area contributed by atoms with E-state index in [0.717, 1.165) is 35.4 Å². The zero-order chi connectivity index (χ0) is 24.9. The van der Waals surface area contributed by atoms with Crippen LogP contribution >= 0.6 is 11.6 Å². The van der Waals surface area contributed by atoms with E-state index < -0.39 is 0 Å². The second-order valence-corrected chi connectivity index (χ2v) is 8.24. The molecule has 2 aromatic rings. The lowest BCUT2D eigenvalue weighted by molar-refractivity contribution is -0.110. The largest absolute Gasteiger partial charge is 0.494 e. The highest BCUT2D eigenvalue weighted by Crippen LogP contribution is 2.23. The van der Waals surface area contributed by atoms with Crippen LogP contribution in [0, 0.1) is 0 Å². The minimum atomic E-state index is 0.00239. The second kappa shape index (κ2) is 14.1. The molecule has 0 saturated carbocycles. The van der Waals surface area contributed by atoms with Crippen LogP contribution in [0.5, 0.6) is 0 Å².